The fourth-order valence-corrected chi connectivity index (χ4v) is 2.88. The molecule has 2 atom stereocenters. The maximum Gasteiger partial charge on any atom is 0.229 e. The average Bonchev–Trinajstić information content (AvgIpc) is 2.33. The van der Waals surface area contributed by atoms with Crippen LogP contribution < -0.4 is 11.1 Å². The molecule has 0 bridgehead atoms. The summed E-state index contributed by atoms with van der Waals surface area (Å²) >= 11 is 0. The van der Waals surface area contributed by atoms with Crippen molar-refractivity contribution in [3.63, 3.8) is 0 Å². The standard InChI is InChI=1S/C16H24N2O.ClH/c1-11-7-8-12(2)14(10-11)18-15(19)13-6-4-5-9-16(13,3)17;/h7-8,10,13H,4-6,9,17H2,1-3H3,(H,18,19);1H. The zero-order chi connectivity index (χ0) is 14.0. The number of hydrogen-bond donors (Lipinski definition) is 2. The van der Waals surface area contributed by atoms with Crippen molar-refractivity contribution in [3.05, 3.63) is 29.3 Å². The van der Waals surface area contributed by atoms with Crippen molar-refractivity contribution in [3.8, 4) is 0 Å². The van der Waals surface area contributed by atoms with Crippen LogP contribution in [-0.4, -0.2) is 11.4 Å². The molecule has 1 amide bonds. The first-order valence-electron chi connectivity index (χ1n) is 7.07. The van der Waals surface area contributed by atoms with Crippen molar-refractivity contribution in [2.75, 3.05) is 5.32 Å². The van der Waals surface area contributed by atoms with Gasteiger partial charge in [0.15, 0.2) is 0 Å². The van der Waals surface area contributed by atoms with Crippen LogP contribution in [0.1, 0.15) is 43.7 Å². The lowest BCUT2D eigenvalue weighted by atomic mass is 9.74. The quantitative estimate of drug-likeness (QED) is 0.876. The highest BCUT2D eigenvalue weighted by Gasteiger charge is 2.37. The van der Waals surface area contributed by atoms with Gasteiger partial charge in [-0.15, -0.1) is 12.4 Å². The average molecular weight is 297 g/mol. The summed E-state index contributed by atoms with van der Waals surface area (Å²) in [6.07, 6.45) is 4.04. The molecule has 0 aliphatic heterocycles. The molecule has 0 heterocycles. The molecule has 2 rings (SSSR count). The van der Waals surface area contributed by atoms with Crippen LogP contribution in [0.25, 0.3) is 0 Å². The molecular formula is C16H25ClN2O. The van der Waals surface area contributed by atoms with E-state index in [4.69, 9.17) is 5.73 Å². The predicted octanol–water partition coefficient (Wildman–Crippen LogP) is 3.57. The van der Waals surface area contributed by atoms with E-state index < -0.39 is 0 Å². The van der Waals surface area contributed by atoms with Crippen LogP contribution in [0.3, 0.4) is 0 Å². The van der Waals surface area contributed by atoms with Crippen LogP contribution in [0.4, 0.5) is 5.69 Å². The van der Waals surface area contributed by atoms with Gasteiger partial charge in [0.1, 0.15) is 0 Å². The van der Waals surface area contributed by atoms with E-state index in [1.807, 2.05) is 32.9 Å². The maximum atomic E-state index is 12.5. The van der Waals surface area contributed by atoms with E-state index in [0.29, 0.717) is 0 Å². The number of carbonyl (C=O) groups excluding carboxylic acids is 1. The predicted molar refractivity (Wildman–Crippen MR) is 86.3 cm³/mol. The first kappa shape index (κ1) is 17.0. The summed E-state index contributed by atoms with van der Waals surface area (Å²) in [7, 11) is 0. The Labute approximate surface area is 127 Å². The Balaban J connectivity index is 0.00000200. The van der Waals surface area contributed by atoms with Crippen molar-refractivity contribution >= 4 is 24.0 Å². The lowest BCUT2D eigenvalue weighted by Crippen LogP contribution is -2.51. The maximum absolute atomic E-state index is 12.5. The van der Waals surface area contributed by atoms with Gasteiger partial charge in [-0.2, -0.15) is 0 Å². The Kier molecular flexibility index (Phi) is 5.60. The monoisotopic (exact) mass is 296 g/mol. The summed E-state index contributed by atoms with van der Waals surface area (Å²) in [4.78, 5) is 12.5. The number of carbonyl (C=O) groups is 1. The number of hydrogen-bond acceptors (Lipinski definition) is 2. The van der Waals surface area contributed by atoms with E-state index in [1.54, 1.807) is 0 Å². The topological polar surface area (TPSA) is 55.1 Å². The number of anilines is 1. The summed E-state index contributed by atoms with van der Waals surface area (Å²) in [5, 5.41) is 3.06. The van der Waals surface area contributed by atoms with Gasteiger partial charge in [0.05, 0.1) is 5.92 Å². The highest BCUT2D eigenvalue weighted by molar-refractivity contribution is 5.94. The minimum Gasteiger partial charge on any atom is -0.326 e. The molecule has 20 heavy (non-hydrogen) atoms. The molecule has 4 heteroatoms. The lowest BCUT2D eigenvalue weighted by Gasteiger charge is -2.37. The minimum atomic E-state index is -0.375. The zero-order valence-electron chi connectivity index (χ0n) is 12.5. The molecule has 1 saturated carbocycles. The van der Waals surface area contributed by atoms with Gasteiger partial charge in [0.2, 0.25) is 5.91 Å². The van der Waals surface area contributed by atoms with Crippen LogP contribution in [0.5, 0.6) is 0 Å². The molecule has 1 aliphatic rings. The van der Waals surface area contributed by atoms with Crippen LogP contribution in [0, 0.1) is 19.8 Å². The fraction of sp³-hybridized carbons (Fsp3) is 0.562. The van der Waals surface area contributed by atoms with Gasteiger partial charge in [-0.05, 0) is 50.8 Å². The molecule has 0 radical (unpaired) electrons. The summed E-state index contributed by atoms with van der Waals surface area (Å²) in [5.41, 5.74) is 9.06. The number of rotatable bonds is 2. The summed E-state index contributed by atoms with van der Waals surface area (Å²) in [6, 6.07) is 6.11. The Morgan fingerprint density at radius 1 is 1.35 bits per heavy atom. The van der Waals surface area contributed by atoms with Gasteiger partial charge in [-0.1, -0.05) is 25.0 Å². The molecule has 3 nitrogen and oxygen atoms in total. The van der Waals surface area contributed by atoms with Gasteiger partial charge in [-0.3, -0.25) is 4.79 Å². The largest absolute Gasteiger partial charge is 0.326 e. The number of aryl methyl sites for hydroxylation is 2. The lowest BCUT2D eigenvalue weighted by molar-refractivity contribution is -0.122. The van der Waals surface area contributed by atoms with Crippen molar-refractivity contribution in [2.24, 2.45) is 11.7 Å². The summed E-state index contributed by atoms with van der Waals surface area (Å²) < 4.78 is 0. The number of benzene rings is 1. The van der Waals surface area contributed by atoms with E-state index >= 15 is 0 Å². The fourth-order valence-electron chi connectivity index (χ4n) is 2.88. The molecule has 2 unspecified atom stereocenters. The normalized spacial score (nSPS) is 25.7. The van der Waals surface area contributed by atoms with Gasteiger partial charge in [0, 0.05) is 11.2 Å². The van der Waals surface area contributed by atoms with Crippen molar-refractivity contribution in [2.45, 2.75) is 52.0 Å². The molecule has 1 aromatic rings. The molecule has 0 spiro atoms. The number of halogens is 1. The van der Waals surface area contributed by atoms with E-state index in [0.717, 1.165) is 42.5 Å². The van der Waals surface area contributed by atoms with Crippen molar-refractivity contribution < 1.29 is 4.79 Å². The molecular weight excluding hydrogens is 272 g/mol. The third-order valence-electron chi connectivity index (χ3n) is 4.22. The summed E-state index contributed by atoms with van der Waals surface area (Å²) in [5.74, 6) is -0.0143. The second-order valence-electron chi connectivity index (χ2n) is 6.11. The molecule has 0 aromatic heterocycles. The van der Waals surface area contributed by atoms with Gasteiger partial charge in [-0.25, -0.2) is 0 Å². The van der Waals surface area contributed by atoms with Crippen molar-refractivity contribution in [1.29, 1.82) is 0 Å². The third-order valence-corrected chi connectivity index (χ3v) is 4.22. The van der Waals surface area contributed by atoms with Gasteiger partial charge < -0.3 is 11.1 Å². The second-order valence-corrected chi connectivity index (χ2v) is 6.11. The smallest absolute Gasteiger partial charge is 0.229 e. The highest BCUT2D eigenvalue weighted by atomic mass is 35.5. The van der Waals surface area contributed by atoms with Gasteiger partial charge in [0.25, 0.3) is 0 Å². The number of nitrogens with two attached hydrogens (primary N) is 1. The Hall–Kier alpha value is -1.06. The van der Waals surface area contributed by atoms with E-state index in [9.17, 15) is 4.79 Å². The van der Waals surface area contributed by atoms with E-state index in [2.05, 4.69) is 11.4 Å². The zero-order valence-corrected chi connectivity index (χ0v) is 13.3. The highest BCUT2D eigenvalue weighted by Crippen LogP contribution is 2.32. The SMILES string of the molecule is Cc1ccc(C)c(NC(=O)C2CCCCC2(C)N)c1.Cl. The van der Waals surface area contributed by atoms with Crippen molar-refractivity contribution in [1.82, 2.24) is 0 Å². The number of amides is 1. The first-order valence-corrected chi connectivity index (χ1v) is 7.07. The second kappa shape index (κ2) is 6.59. The molecule has 1 aliphatic carbocycles. The van der Waals surface area contributed by atoms with Gasteiger partial charge >= 0.3 is 0 Å². The molecule has 3 N–H and O–H groups in total. The van der Waals surface area contributed by atoms with Crippen LogP contribution in [0.15, 0.2) is 18.2 Å². The van der Waals surface area contributed by atoms with Crippen LogP contribution in [-0.2, 0) is 4.79 Å². The summed E-state index contributed by atoms with van der Waals surface area (Å²) in [6.45, 7) is 6.04. The van der Waals surface area contributed by atoms with E-state index in [1.165, 1.54) is 0 Å². The number of nitrogens with one attached hydrogen (secondary N) is 1. The molecule has 1 aromatic carbocycles. The Bertz CT molecular complexity index is 485. The Morgan fingerprint density at radius 2 is 2.05 bits per heavy atom. The minimum absolute atomic E-state index is 0. The Morgan fingerprint density at radius 3 is 2.70 bits per heavy atom. The molecule has 112 valence electrons. The third kappa shape index (κ3) is 3.74. The molecule has 1 fully saturated rings. The van der Waals surface area contributed by atoms with E-state index in [-0.39, 0.29) is 29.8 Å². The first-order chi connectivity index (χ1) is 8.90. The van der Waals surface area contributed by atoms with Crippen LogP contribution >= 0.6 is 12.4 Å². The molecule has 0 saturated heterocycles. The van der Waals surface area contributed by atoms with Crippen LogP contribution in [0.2, 0.25) is 0 Å².